The second kappa shape index (κ2) is 8.85. The van der Waals surface area contributed by atoms with Gasteiger partial charge in [0.15, 0.2) is 0 Å². The van der Waals surface area contributed by atoms with E-state index in [0.717, 1.165) is 12.5 Å². The summed E-state index contributed by atoms with van der Waals surface area (Å²) in [5, 5.41) is 3.50. The number of benzene rings is 1. The Bertz CT molecular complexity index is 367. The molecule has 1 heterocycles. The van der Waals surface area contributed by atoms with Crippen molar-refractivity contribution in [2.45, 2.75) is 24.3 Å². The van der Waals surface area contributed by atoms with Crippen LogP contribution in [0, 0.1) is 5.92 Å². The molecule has 2 rings (SSSR count). The molecule has 0 saturated carbocycles. The molecule has 1 fully saturated rings. The van der Waals surface area contributed by atoms with E-state index in [1.54, 1.807) is 0 Å². The Kier molecular flexibility index (Phi) is 7.84. The quantitative estimate of drug-likeness (QED) is 0.840. The molecule has 0 aromatic heterocycles. The van der Waals surface area contributed by atoms with Crippen LogP contribution in [0.4, 0.5) is 0 Å². The topological polar surface area (TPSA) is 15.3 Å². The summed E-state index contributed by atoms with van der Waals surface area (Å²) in [6.45, 7) is 4.66. The van der Waals surface area contributed by atoms with Crippen LogP contribution in [-0.2, 0) is 6.54 Å². The number of nitrogens with zero attached hydrogens (tertiary/aromatic N) is 1. The van der Waals surface area contributed by atoms with Crippen molar-refractivity contribution in [1.29, 1.82) is 0 Å². The molecule has 1 aromatic rings. The van der Waals surface area contributed by atoms with Gasteiger partial charge < -0.3 is 10.2 Å². The van der Waals surface area contributed by atoms with Gasteiger partial charge in [0, 0.05) is 18.0 Å². The molecular weight excluding hydrogens is 276 g/mol. The molecule has 0 aliphatic carbocycles. The van der Waals surface area contributed by atoms with E-state index in [2.05, 4.69) is 47.8 Å². The molecule has 19 heavy (non-hydrogen) atoms. The van der Waals surface area contributed by atoms with Crippen LogP contribution in [0.15, 0.2) is 29.2 Å². The van der Waals surface area contributed by atoms with E-state index in [0.29, 0.717) is 0 Å². The van der Waals surface area contributed by atoms with Gasteiger partial charge in [0.1, 0.15) is 0 Å². The number of hydrogen-bond acceptors (Lipinski definition) is 3. The van der Waals surface area contributed by atoms with Gasteiger partial charge >= 0.3 is 0 Å². The zero-order valence-corrected chi connectivity index (χ0v) is 13.5. The predicted molar refractivity (Wildman–Crippen MR) is 87.4 cm³/mol. The summed E-state index contributed by atoms with van der Waals surface area (Å²) < 4.78 is 0. The molecule has 0 spiro atoms. The molecule has 1 aliphatic heterocycles. The highest BCUT2D eigenvalue weighted by Gasteiger charge is 2.15. The third kappa shape index (κ3) is 5.35. The van der Waals surface area contributed by atoms with Gasteiger partial charge in [-0.2, -0.15) is 0 Å². The lowest BCUT2D eigenvalue weighted by Gasteiger charge is -2.28. The number of piperidine rings is 1. The second-order valence-corrected chi connectivity index (χ2v) is 6.07. The summed E-state index contributed by atoms with van der Waals surface area (Å²) in [6.07, 6.45) is 4.87. The summed E-state index contributed by atoms with van der Waals surface area (Å²) in [6, 6.07) is 8.74. The largest absolute Gasteiger partial charge is 0.316 e. The van der Waals surface area contributed by atoms with Crippen LogP contribution in [0.1, 0.15) is 18.4 Å². The maximum Gasteiger partial charge on any atom is 0.0241 e. The third-order valence-corrected chi connectivity index (χ3v) is 4.44. The average Bonchev–Trinajstić information content (AvgIpc) is 2.40. The maximum atomic E-state index is 3.50. The van der Waals surface area contributed by atoms with E-state index in [1.807, 2.05) is 11.8 Å². The van der Waals surface area contributed by atoms with Crippen molar-refractivity contribution in [3.8, 4) is 0 Å². The molecule has 1 unspecified atom stereocenters. The number of rotatable bonds is 5. The minimum atomic E-state index is 0. The van der Waals surface area contributed by atoms with Crippen LogP contribution in [-0.4, -0.2) is 37.8 Å². The first-order valence-electron chi connectivity index (χ1n) is 6.80. The van der Waals surface area contributed by atoms with Gasteiger partial charge in [-0.05, 0) is 56.8 Å². The van der Waals surface area contributed by atoms with Gasteiger partial charge in [-0.1, -0.05) is 18.2 Å². The van der Waals surface area contributed by atoms with E-state index in [-0.39, 0.29) is 12.4 Å². The molecule has 1 saturated heterocycles. The van der Waals surface area contributed by atoms with E-state index in [4.69, 9.17) is 0 Å². The number of hydrogen-bond donors (Lipinski definition) is 1. The molecule has 2 nitrogen and oxygen atoms in total. The molecule has 4 heteroatoms. The van der Waals surface area contributed by atoms with Gasteiger partial charge in [0.2, 0.25) is 0 Å². The van der Waals surface area contributed by atoms with Gasteiger partial charge in [-0.3, -0.25) is 0 Å². The van der Waals surface area contributed by atoms with Crippen LogP contribution in [0.25, 0.3) is 0 Å². The first-order valence-corrected chi connectivity index (χ1v) is 8.03. The normalized spacial score (nSPS) is 19.2. The Morgan fingerprint density at radius 1 is 1.37 bits per heavy atom. The van der Waals surface area contributed by atoms with E-state index >= 15 is 0 Å². The molecule has 0 bridgehead atoms. The average molecular weight is 301 g/mol. The van der Waals surface area contributed by atoms with Crippen LogP contribution < -0.4 is 5.32 Å². The van der Waals surface area contributed by atoms with Crippen molar-refractivity contribution in [3.63, 3.8) is 0 Å². The summed E-state index contributed by atoms with van der Waals surface area (Å²) in [5.41, 5.74) is 1.45. The standard InChI is InChI=1S/C15H24N2S.ClH/c1-17(11-13-6-5-9-16-10-13)12-14-7-3-4-8-15(14)18-2;/h3-4,7-8,13,16H,5-6,9-12H2,1-2H3;1H. The molecular formula is C15H25ClN2S. The first-order chi connectivity index (χ1) is 8.79. The van der Waals surface area contributed by atoms with Gasteiger partial charge in [0.25, 0.3) is 0 Å². The summed E-state index contributed by atoms with van der Waals surface area (Å²) in [7, 11) is 2.24. The minimum Gasteiger partial charge on any atom is -0.316 e. The zero-order chi connectivity index (χ0) is 12.8. The Hall–Kier alpha value is -0.220. The lowest BCUT2D eigenvalue weighted by atomic mass is 9.99. The highest BCUT2D eigenvalue weighted by Crippen LogP contribution is 2.21. The lowest BCUT2D eigenvalue weighted by Crippen LogP contribution is -2.36. The van der Waals surface area contributed by atoms with E-state index < -0.39 is 0 Å². The fourth-order valence-corrected chi connectivity index (χ4v) is 3.32. The van der Waals surface area contributed by atoms with Crippen LogP contribution in [0.2, 0.25) is 0 Å². The Morgan fingerprint density at radius 3 is 2.84 bits per heavy atom. The third-order valence-electron chi connectivity index (χ3n) is 3.60. The van der Waals surface area contributed by atoms with Crippen LogP contribution >= 0.6 is 24.2 Å². The van der Waals surface area contributed by atoms with Crippen molar-refractivity contribution < 1.29 is 0 Å². The molecule has 1 atom stereocenters. The zero-order valence-electron chi connectivity index (χ0n) is 11.9. The molecule has 108 valence electrons. The second-order valence-electron chi connectivity index (χ2n) is 5.22. The Balaban J connectivity index is 0.00000180. The molecule has 0 amide bonds. The fraction of sp³-hybridized carbons (Fsp3) is 0.600. The summed E-state index contributed by atoms with van der Waals surface area (Å²) in [5.74, 6) is 0.824. The molecule has 1 N–H and O–H groups in total. The van der Waals surface area contributed by atoms with Crippen molar-refractivity contribution >= 4 is 24.2 Å². The number of nitrogens with one attached hydrogen (secondary N) is 1. The van der Waals surface area contributed by atoms with Crippen molar-refractivity contribution in [2.24, 2.45) is 5.92 Å². The smallest absolute Gasteiger partial charge is 0.0241 e. The van der Waals surface area contributed by atoms with Gasteiger partial charge in [-0.15, -0.1) is 24.2 Å². The van der Waals surface area contributed by atoms with Gasteiger partial charge in [0.05, 0.1) is 0 Å². The van der Waals surface area contributed by atoms with E-state index in [9.17, 15) is 0 Å². The first kappa shape index (κ1) is 16.8. The monoisotopic (exact) mass is 300 g/mol. The Morgan fingerprint density at radius 2 is 2.16 bits per heavy atom. The minimum absolute atomic E-state index is 0. The number of thioether (sulfide) groups is 1. The van der Waals surface area contributed by atoms with Gasteiger partial charge in [-0.25, -0.2) is 0 Å². The van der Waals surface area contributed by atoms with Crippen molar-refractivity contribution in [1.82, 2.24) is 10.2 Å². The van der Waals surface area contributed by atoms with Crippen LogP contribution in [0.5, 0.6) is 0 Å². The maximum absolute atomic E-state index is 3.50. The lowest BCUT2D eigenvalue weighted by molar-refractivity contribution is 0.236. The highest BCUT2D eigenvalue weighted by molar-refractivity contribution is 7.98. The molecule has 1 aliphatic rings. The van der Waals surface area contributed by atoms with Crippen molar-refractivity contribution in [3.05, 3.63) is 29.8 Å². The Labute approximate surface area is 127 Å². The SMILES string of the molecule is CSc1ccccc1CN(C)CC1CCCNC1.Cl. The van der Waals surface area contributed by atoms with Crippen molar-refractivity contribution in [2.75, 3.05) is 32.9 Å². The predicted octanol–water partition coefficient (Wildman–Crippen LogP) is 3.26. The number of halogens is 1. The van der Waals surface area contributed by atoms with E-state index in [1.165, 1.54) is 42.9 Å². The molecule has 0 radical (unpaired) electrons. The highest BCUT2D eigenvalue weighted by atomic mass is 35.5. The fourth-order valence-electron chi connectivity index (χ4n) is 2.71. The molecule has 1 aromatic carbocycles. The summed E-state index contributed by atoms with van der Waals surface area (Å²) >= 11 is 1.84. The summed E-state index contributed by atoms with van der Waals surface area (Å²) in [4.78, 5) is 3.87. The van der Waals surface area contributed by atoms with Crippen LogP contribution in [0.3, 0.4) is 0 Å².